The Morgan fingerprint density at radius 1 is 1.35 bits per heavy atom. The average molecular weight is 239 g/mol. The zero-order valence-corrected chi connectivity index (χ0v) is 11.1. The van der Waals surface area contributed by atoms with Crippen molar-refractivity contribution in [2.45, 2.75) is 39.2 Å². The fraction of sp³-hybridized carbons (Fsp3) is 0.923. The highest BCUT2D eigenvalue weighted by atomic mass is 16.2. The summed E-state index contributed by atoms with van der Waals surface area (Å²) < 4.78 is 0. The molecule has 1 atom stereocenters. The zero-order valence-electron chi connectivity index (χ0n) is 11.1. The van der Waals surface area contributed by atoms with Crippen molar-refractivity contribution in [3.63, 3.8) is 0 Å². The van der Waals surface area contributed by atoms with E-state index in [9.17, 15) is 4.79 Å². The van der Waals surface area contributed by atoms with Crippen LogP contribution in [-0.2, 0) is 4.79 Å². The Labute approximate surface area is 104 Å². The van der Waals surface area contributed by atoms with Gasteiger partial charge in [0.25, 0.3) is 0 Å². The lowest BCUT2D eigenvalue weighted by Crippen LogP contribution is -2.58. The first kappa shape index (κ1) is 12.8. The van der Waals surface area contributed by atoms with Gasteiger partial charge in [0.2, 0.25) is 5.91 Å². The van der Waals surface area contributed by atoms with E-state index in [1.165, 1.54) is 6.42 Å². The summed E-state index contributed by atoms with van der Waals surface area (Å²) in [6, 6.07) is -0.00488. The SMILES string of the molecule is CCC1(C)CCN(C(=O)C2CNCCN2)CC1. The minimum absolute atomic E-state index is 0.00488. The summed E-state index contributed by atoms with van der Waals surface area (Å²) in [6.07, 6.45) is 3.52. The number of piperazine rings is 1. The molecule has 98 valence electrons. The van der Waals surface area contributed by atoms with Crippen LogP contribution in [0, 0.1) is 5.41 Å². The maximum atomic E-state index is 12.3. The number of piperidine rings is 1. The largest absolute Gasteiger partial charge is 0.341 e. The molecule has 2 saturated heterocycles. The highest BCUT2D eigenvalue weighted by molar-refractivity contribution is 5.82. The maximum absolute atomic E-state index is 12.3. The van der Waals surface area contributed by atoms with Gasteiger partial charge in [-0.3, -0.25) is 4.79 Å². The Bertz CT molecular complexity index is 266. The Balaban J connectivity index is 1.85. The van der Waals surface area contributed by atoms with Crippen molar-refractivity contribution < 1.29 is 4.79 Å². The number of carbonyl (C=O) groups excluding carboxylic acids is 1. The molecule has 2 fully saturated rings. The molecule has 0 aromatic heterocycles. The van der Waals surface area contributed by atoms with Crippen molar-refractivity contribution in [2.75, 3.05) is 32.7 Å². The van der Waals surface area contributed by atoms with E-state index in [1.807, 2.05) is 4.90 Å². The number of nitrogens with one attached hydrogen (secondary N) is 2. The van der Waals surface area contributed by atoms with Crippen LogP contribution >= 0.6 is 0 Å². The molecule has 4 nitrogen and oxygen atoms in total. The molecule has 0 aromatic rings. The second-order valence-corrected chi connectivity index (χ2v) is 5.70. The van der Waals surface area contributed by atoms with Crippen LogP contribution in [0.5, 0.6) is 0 Å². The Kier molecular flexibility index (Phi) is 4.05. The second-order valence-electron chi connectivity index (χ2n) is 5.70. The fourth-order valence-corrected chi connectivity index (χ4v) is 2.67. The van der Waals surface area contributed by atoms with E-state index in [0.29, 0.717) is 5.41 Å². The number of hydrogen-bond acceptors (Lipinski definition) is 3. The van der Waals surface area contributed by atoms with E-state index in [0.717, 1.165) is 45.6 Å². The quantitative estimate of drug-likeness (QED) is 0.741. The van der Waals surface area contributed by atoms with Gasteiger partial charge in [0.05, 0.1) is 6.04 Å². The molecule has 0 spiro atoms. The predicted molar refractivity (Wildman–Crippen MR) is 68.9 cm³/mol. The Hall–Kier alpha value is -0.610. The third kappa shape index (κ3) is 2.99. The van der Waals surface area contributed by atoms with Gasteiger partial charge in [-0.05, 0) is 18.3 Å². The van der Waals surface area contributed by atoms with Gasteiger partial charge in [-0.1, -0.05) is 20.3 Å². The molecule has 0 aliphatic carbocycles. The standard InChI is InChI=1S/C13H25N3O/c1-3-13(2)4-8-16(9-5-13)12(17)11-10-14-6-7-15-11/h11,14-15H,3-10H2,1-2H3. The summed E-state index contributed by atoms with van der Waals surface area (Å²) in [5.41, 5.74) is 0.453. The van der Waals surface area contributed by atoms with Gasteiger partial charge >= 0.3 is 0 Å². The summed E-state index contributed by atoms with van der Waals surface area (Å²) in [4.78, 5) is 14.3. The van der Waals surface area contributed by atoms with E-state index in [1.54, 1.807) is 0 Å². The van der Waals surface area contributed by atoms with Crippen molar-refractivity contribution >= 4 is 5.91 Å². The molecule has 2 heterocycles. The van der Waals surface area contributed by atoms with E-state index in [2.05, 4.69) is 24.5 Å². The highest BCUT2D eigenvalue weighted by Crippen LogP contribution is 2.33. The Morgan fingerprint density at radius 3 is 2.59 bits per heavy atom. The van der Waals surface area contributed by atoms with Crippen LogP contribution < -0.4 is 10.6 Å². The summed E-state index contributed by atoms with van der Waals surface area (Å²) in [6.45, 7) is 9.11. The smallest absolute Gasteiger partial charge is 0.241 e. The number of carbonyl (C=O) groups is 1. The number of rotatable bonds is 2. The lowest BCUT2D eigenvalue weighted by molar-refractivity contribution is -0.135. The zero-order chi connectivity index (χ0) is 12.3. The minimum Gasteiger partial charge on any atom is -0.341 e. The number of nitrogens with zero attached hydrogens (tertiary/aromatic N) is 1. The molecular weight excluding hydrogens is 214 g/mol. The molecule has 2 N–H and O–H groups in total. The molecule has 0 bridgehead atoms. The summed E-state index contributed by atoms with van der Waals surface area (Å²) in [7, 11) is 0. The summed E-state index contributed by atoms with van der Waals surface area (Å²) >= 11 is 0. The molecule has 17 heavy (non-hydrogen) atoms. The molecule has 0 aromatic carbocycles. The van der Waals surface area contributed by atoms with Crippen LogP contribution in [0.25, 0.3) is 0 Å². The van der Waals surface area contributed by atoms with Gasteiger partial charge in [0.15, 0.2) is 0 Å². The lowest BCUT2D eigenvalue weighted by Gasteiger charge is -2.40. The van der Waals surface area contributed by atoms with E-state index < -0.39 is 0 Å². The molecule has 2 rings (SSSR count). The van der Waals surface area contributed by atoms with Crippen LogP contribution in [-0.4, -0.2) is 49.6 Å². The first-order chi connectivity index (χ1) is 8.14. The van der Waals surface area contributed by atoms with Gasteiger partial charge in [-0.2, -0.15) is 0 Å². The highest BCUT2D eigenvalue weighted by Gasteiger charge is 2.33. The van der Waals surface area contributed by atoms with Gasteiger partial charge in [-0.25, -0.2) is 0 Å². The fourth-order valence-electron chi connectivity index (χ4n) is 2.67. The molecular formula is C13H25N3O. The molecule has 2 aliphatic heterocycles. The van der Waals surface area contributed by atoms with Gasteiger partial charge in [-0.15, -0.1) is 0 Å². The summed E-state index contributed by atoms with van der Waals surface area (Å²) in [5, 5.41) is 6.57. The maximum Gasteiger partial charge on any atom is 0.241 e. The molecule has 1 amide bonds. The average Bonchev–Trinajstić information content (AvgIpc) is 2.40. The monoisotopic (exact) mass is 239 g/mol. The second kappa shape index (κ2) is 5.36. The third-order valence-electron chi connectivity index (χ3n) is 4.47. The van der Waals surface area contributed by atoms with Crippen LogP contribution in [0.2, 0.25) is 0 Å². The first-order valence-electron chi connectivity index (χ1n) is 6.87. The number of hydrogen-bond donors (Lipinski definition) is 2. The van der Waals surface area contributed by atoms with E-state index in [-0.39, 0.29) is 11.9 Å². The van der Waals surface area contributed by atoms with Crippen molar-refractivity contribution in [1.29, 1.82) is 0 Å². The molecule has 2 aliphatic rings. The van der Waals surface area contributed by atoms with Crippen LogP contribution in [0.4, 0.5) is 0 Å². The van der Waals surface area contributed by atoms with Crippen molar-refractivity contribution in [3.05, 3.63) is 0 Å². The number of likely N-dealkylation sites (tertiary alicyclic amines) is 1. The summed E-state index contributed by atoms with van der Waals surface area (Å²) in [5.74, 6) is 0.287. The Morgan fingerprint density at radius 2 is 2.06 bits per heavy atom. The lowest BCUT2D eigenvalue weighted by atomic mass is 9.78. The van der Waals surface area contributed by atoms with Gasteiger partial charge in [0.1, 0.15) is 0 Å². The third-order valence-corrected chi connectivity index (χ3v) is 4.47. The molecule has 0 saturated carbocycles. The van der Waals surface area contributed by atoms with Crippen molar-refractivity contribution in [3.8, 4) is 0 Å². The first-order valence-corrected chi connectivity index (χ1v) is 6.87. The minimum atomic E-state index is -0.00488. The molecule has 4 heteroatoms. The number of amides is 1. The predicted octanol–water partition coefficient (Wildman–Crippen LogP) is 0.587. The van der Waals surface area contributed by atoms with Crippen LogP contribution in [0.15, 0.2) is 0 Å². The topological polar surface area (TPSA) is 44.4 Å². The van der Waals surface area contributed by atoms with Gasteiger partial charge in [0, 0.05) is 32.7 Å². The van der Waals surface area contributed by atoms with Gasteiger partial charge < -0.3 is 15.5 Å². The van der Waals surface area contributed by atoms with Crippen LogP contribution in [0.3, 0.4) is 0 Å². The van der Waals surface area contributed by atoms with Crippen molar-refractivity contribution in [2.24, 2.45) is 5.41 Å². The molecule has 1 unspecified atom stereocenters. The van der Waals surface area contributed by atoms with E-state index >= 15 is 0 Å². The van der Waals surface area contributed by atoms with Crippen LogP contribution in [0.1, 0.15) is 33.1 Å². The van der Waals surface area contributed by atoms with E-state index in [4.69, 9.17) is 0 Å². The van der Waals surface area contributed by atoms with Crippen molar-refractivity contribution in [1.82, 2.24) is 15.5 Å². The molecule has 0 radical (unpaired) electrons. The normalized spacial score (nSPS) is 29.1.